The lowest BCUT2D eigenvalue weighted by atomic mass is 9.90. The number of anilines is 1. The molecule has 2 aromatic rings. The summed E-state index contributed by atoms with van der Waals surface area (Å²) in [5, 5.41) is 5.78. The Hall–Kier alpha value is -2.09. The van der Waals surface area contributed by atoms with Crippen LogP contribution in [0.1, 0.15) is 49.1 Å². The lowest BCUT2D eigenvalue weighted by Gasteiger charge is -2.40. The van der Waals surface area contributed by atoms with E-state index in [1.807, 2.05) is 12.1 Å². The number of ether oxygens (including phenoxy) is 1. The maximum Gasteiger partial charge on any atom is 0.0713 e. The van der Waals surface area contributed by atoms with Crippen molar-refractivity contribution in [1.82, 2.24) is 20.5 Å². The van der Waals surface area contributed by atoms with Gasteiger partial charge in [0.1, 0.15) is 0 Å². The summed E-state index contributed by atoms with van der Waals surface area (Å²) in [5.41, 5.74) is 11.0. The Balaban J connectivity index is 0.985. The van der Waals surface area contributed by atoms with Crippen LogP contribution in [0.4, 0.5) is 5.69 Å². The minimum absolute atomic E-state index is 0.396. The van der Waals surface area contributed by atoms with Gasteiger partial charge in [0.05, 0.1) is 25.0 Å². The fourth-order valence-electron chi connectivity index (χ4n) is 6.57. The molecule has 4 heterocycles. The maximum atomic E-state index is 6.11. The Labute approximate surface area is 233 Å². The first-order valence-corrected chi connectivity index (χ1v) is 14.9. The number of rotatable bonds is 7. The van der Waals surface area contributed by atoms with Gasteiger partial charge in [-0.2, -0.15) is 0 Å². The van der Waals surface area contributed by atoms with Crippen molar-refractivity contribution in [2.75, 3.05) is 63.9 Å². The summed E-state index contributed by atoms with van der Waals surface area (Å²) in [4.78, 5) is 5.17. The SMILES string of the molecule is Cc1ccc(N2CCN(CCCC3NN(N4CCC(c5ccc(Cl)cc5)CC4)C4=C3COCC4)CC2)cc1. The van der Waals surface area contributed by atoms with Gasteiger partial charge < -0.3 is 9.64 Å². The lowest BCUT2D eigenvalue weighted by molar-refractivity contribution is -0.0540. The molecular weight excluding hydrogens is 494 g/mol. The smallest absolute Gasteiger partial charge is 0.0713 e. The Morgan fingerprint density at radius 2 is 1.66 bits per heavy atom. The van der Waals surface area contributed by atoms with Crippen molar-refractivity contribution in [3.63, 3.8) is 0 Å². The highest BCUT2D eigenvalue weighted by atomic mass is 35.5. The molecule has 2 saturated heterocycles. The Morgan fingerprint density at radius 3 is 2.39 bits per heavy atom. The van der Waals surface area contributed by atoms with Gasteiger partial charge in [0.25, 0.3) is 0 Å². The summed E-state index contributed by atoms with van der Waals surface area (Å²) in [6.07, 6.45) is 5.75. The lowest BCUT2D eigenvalue weighted by Crippen LogP contribution is -2.52. The van der Waals surface area contributed by atoms with Gasteiger partial charge in [-0.3, -0.25) is 4.90 Å². The minimum Gasteiger partial charge on any atom is -0.377 e. The summed E-state index contributed by atoms with van der Waals surface area (Å²) in [7, 11) is 0. The first kappa shape index (κ1) is 26.1. The van der Waals surface area contributed by atoms with Crippen molar-refractivity contribution in [3.8, 4) is 0 Å². The van der Waals surface area contributed by atoms with Gasteiger partial charge >= 0.3 is 0 Å². The molecule has 1 N–H and O–H groups in total. The molecule has 1 unspecified atom stereocenters. The third-order valence-electron chi connectivity index (χ3n) is 8.90. The fourth-order valence-corrected chi connectivity index (χ4v) is 6.70. The molecule has 0 amide bonds. The number of piperidine rings is 1. The summed E-state index contributed by atoms with van der Waals surface area (Å²) < 4.78 is 5.92. The average Bonchev–Trinajstić information content (AvgIpc) is 3.33. The molecule has 4 aliphatic heterocycles. The predicted octanol–water partition coefficient (Wildman–Crippen LogP) is 5.21. The second kappa shape index (κ2) is 12.0. The number of nitrogens with zero attached hydrogens (tertiary/aromatic N) is 4. The first-order valence-electron chi connectivity index (χ1n) is 14.5. The molecule has 0 bridgehead atoms. The van der Waals surface area contributed by atoms with E-state index < -0.39 is 0 Å². The van der Waals surface area contributed by atoms with Crippen LogP contribution in [0, 0.1) is 6.92 Å². The average molecular weight is 536 g/mol. The zero-order valence-corrected chi connectivity index (χ0v) is 23.5. The first-order chi connectivity index (χ1) is 18.6. The molecule has 2 aromatic carbocycles. The summed E-state index contributed by atoms with van der Waals surface area (Å²) in [6, 6.07) is 17.8. The molecule has 6 rings (SSSR count). The highest BCUT2D eigenvalue weighted by molar-refractivity contribution is 6.30. The molecular formula is C31H42ClN5O. The van der Waals surface area contributed by atoms with Crippen LogP contribution in [0.15, 0.2) is 59.8 Å². The molecule has 4 aliphatic rings. The van der Waals surface area contributed by atoms with Crippen molar-refractivity contribution in [2.45, 2.75) is 51.0 Å². The Morgan fingerprint density at radius 1 is 0.921 bits per heavy atom. The van der Waals surface area contributed by atoms with E-state index in [0.717, 1.165) is 70.3 Å². The van der Waals surface area contributed by atoms with E-state index in [9.17, 15) is 0 Å². The van der Waals surface area contributed by atoms with E-state index in [-0.39, 0.29) is 0 Å². The van der Waals surface area contributed by atoms with E-state index in [1.54, 1.807) is 0 Å². The van der Waals surface area contributed by atoms with Crippen molar-refractivity contribution in [3.05, 3.63) is 76.0 Å². The van der Waals surface area contributed by atoms with Crippen LogP contribution in [0.5, 0.6) is 0 Å². The van der Waals surface area contributed by atoms with Gasteiger partial charge in [0.2, 0.25) is 0 Å². The molecule has 204 valence electrons. The van der Waals surface area contributed by atoms with Gasteiger partial charge in [0.15, 0.2) is 0 Å². The zero-order chi connectivity index (χ0) is 25.9. The monoisotopic (exact) mass is 535 g/mol. The van der Waals surface area contributed by atoms with E-state index in [0.29, 0.717) is 12.0 Å². The Bertz CT molecular complexity index is 1090. The van der Waals surface area contributed by atoms with Gasteiger partial charge in [-0.25, -0.2) is 15.6 Å². The van der Waals surface area contributed by atoms with Crippen LogP contribution < -0.4 is 10.3 Å². The van der Waals surface area contributed by atoms with E-state index >= 15 is 0 Å². The van der Waals surface area contributed by atoms with Crippen molar-refractivity contribution < 1.29 is 4.74 Å². The van der Waals surface area contributed by atoms with Crippen molar-refractivity contribution in [1.29, 1.82) is 0 Å². The molecule has 0 radical (unpaired) electrons. The molecule has 2 fully saturated rings. The highest BCUT2D eigenvalue weighted by Crippen LogP contribution is 2.35. The van der Waals surface area contributed by atoms with Crippen molar-refractivity contribution >= 4 is 17.3 Å². The summed E-state index contributed by atoms with van der Waals surface area (Å²) in [5.74, 6) is 0.622. The van der Waals surface area contributed by atoms with Gasteiger partial charge in [0, 0.05) is 56.4 Å². The van der Waals surface area contributed by atoms with E-state index in [1.165, 1.54) is 53.9 Å². The van der Waals surface area contributed by atoms with E-state index in [2.05, 4.69) is 68.7 Å². The second-order valence-corrected chi connectivity index (χ2v) is 11.8. The van der Waals surface area contributed by atoms with Crippen LogP contribution in [0.3, 0.4) is 0 Å². The predicted molar refractivity (Wildman–Crippen MR) is 155 cm³/mol. The summed E-state index contributed by atoms with van der Waals surface area (Å²) >= 11 is 6.11. The number of benzene rings is 2. The van der Waals surface area contributed by atoms with Crippen LogP contribution in [0.25, 0.3) is 0 Å². The molecule has 0 aromatic heterocycles. The number of hydrogen-bond acceptors (Lipinski definition) is 6. The molecule has 38 heavy (non-hydrogen) atoms. The van der Waals surface area contributed by atoms with Crippen LogP contribution in [0.2, 0.25) is 5.02 Å². The minimum atomic E-state index is 0.396. The molecule has 0 saturated carbocycles. The topological polar surface area (TPSA) is 34.2 Å². The zero-order valence-electron chi connectivity index (χ0n) is 22.7. The number of piperazine rings is 1. The van der Waals surface area contributed by atoms with Gasteiger partial charge in [-0.05, 0) is 80.5 Å². The maximum absolute atomic E-state index is 6.11. The van der Waals surface area contributed by atoms with E-state index in [4.69, 9.17) is 16.3 Å². The quantitative estimate of drug-likeness (QED) is 0.524. The number of aryl methyl sites for hydroxylation is 1. The fraction of sp³-hybridized carbons (Fsp3) is 0.548. The molecule has 0 spiro atoms. The number of nitrogens with one attached hydrogen (secondary N) is 1. The third kappa shape index (κ3) is 5.90. The highest BCUT2D eigenvalue weighted by Gasteiger charge is 2.37. The normalized spacial score (nSPS) is 23.8. The molecule has 6 nitrogen and oxygen atoms in total. The number of hydrogen-bond donors (Lipinski definition) is 1. The standard InChI is InChI=1S/C31H42ClN5O/c1-24-4-10-28(11-5-24)35-20-18-34(19-21-35)15-2-3-30-29-23-38-22-14-31(29)37(33-30)36-16-12-26(13-17-36)25-6-8-27(32)9-7-25/h4-11,26,30,33H,2-3,12-23H2,1H3. The number of halogens is 1. The summed E-state index contributed by atoms with van der Waals surface area (Å²) in [6.45, 7) is 11.6. The van der Waals surface area contributed by atoms with Crippen LogP contribution >= 0.6 is 11.6 Å². The molecule has 7 heteroatoms. The second-order valence-electron chi connectivity index (χ2n) is 11.4. The Kier molecular flexibility index (Phi) is 8.24. The molecule has 0 aliphatic carbocycles. The number of hydrazine groups is 2. The largest absolute Gasteiger partial charge is 0.377 e. The van der Waals surface area contributed by atoms with Gasteiger partial charge in [-0.1, -0.05) is 41.4 Å². The van der Waals surface area contributed by atoms with Crippen molar-refractivity contribution in [2.24, 2.45) is 0 Å². The third-order valence-corrected chi connectivity index (χ3v) is 9.15. The van der Waals surface area contributed by atoms with Crippen LogP contribution in [-0.2, 0) is 4.74 Å². The van der Waals surface area contributed by atoms with Gasteiger partial charge in [-0.15, -0.1) is 0 Å². The molecule has 1 atom stereocenters. The van der Waals surface area contributed by atoms with Crippen LogP contribution in [-0.4, -0.2) is 80.1 Å².